The van der Waals surface area contributed by atoms with Crippen molar-refractivity contribution >= 4 is 11.7 Å². The zero-order valence-corrected chi connectivity index (χ0v) is 15.6. The number of aromatic nitrogens is 2. The van der Waals surface area contributed by atoms with Crippen molar-refractivity contribution in [2.24, 2.45) is 0 Å². The molecule has 3 aromatic rings. The van der Waals surface area contributed by atoms with Crippen LogP contribution in [0, 0.1) is 11.3 Å². The standard InChI is InChI=1S/C22H23N5O/c23-16-19-20(26-27(22(19)24)18-12-5-2-6-13-18)15-21(28)25-14-8-7-11-17-9-3-1-4-10-17/h1-6,9-10,12-13H,7-8,11,14-15,24H2,(H,25,28). The Balaban J connectivity index is 1.53. The van der Waals surface area contributed by atoms with Crippen molar-refractivity contribution in [1.29, 1.82) is 5.26 Å². The molecule has 1 amide bonds. The van der Waals surface area contributed by atoms with Crippen LogP contribution in [0.25, 0.3) is 5.69 Å². The van der Waals surface area contributed by atoms with Crippen LogP contribution in [0.15, 0.2) is 60.7 Å². The van der Waals surface area contributed by atoms with Crippen LogP contribution in [0.1, 0.15) is 29.7 Å². The zero-order chi connectivity index (χ0) is 19.8. The van der Waals surface area contributed by atoms with Gasteiger partial charge in [-0.15, -0.1) is 0 Å². The Labute approximate surface area is 164 Å². The zero-order valence-electron chi connectivity index (χ0n) is 15.6. The van der Waals surface area contributed by atoms with Gasteiger partial charge >= 0.3 is 0 Å². The number of carbonyl (C=O) groups is 1. The van der Waals surface area contributed by atoms with Crippen molar-refractivity contribution in [3.8, 4) is 11.8 Å². The van der Waals surface area contributed by atoms with Gasteiger partial charge in [0.25, 0.3) is 0 Å². The van der Waals surface area contributed by atoms with Gasteiger partial charge < -0.3 is 11.1 Å². The van der Waals surface area contributed by atoms with E-state index in [0.717, 1.165) is 24.9 Å². The first-order valence-corrected chi connectivity index (χ1v) is 9.32. The summed E-state index contributed by atoms with van der Waals surface area (Å²) >= 11 is 0. The molecule has 0 radical (unpaired) electrons. The first kappa shape index (κ1) is 19.2. The maximum Gasteiger partial charge on any atom is 0.226 e. The third-order valence-corrected chi connectivity index (χ3v) is 4.49. The fourth-order valence-corrected chi connectivity index (χ4v) is 3.03. The SMILES string of the molecule is N#Cc1c(CC(=O)NCCCCc2ccccc2)nn(-c2ccccc2)c1N. The molecule has 3 rings (SSSR count). The van der Waals surface area contributed by atoms with Crippen LogP contribution in [-0.4, -0.2) is 22.2 Å². The van der Waals surface area contributed by atoms with Gasteiger partial charge in [0.2, 0.25) is 5.91 Å². The van der Waals surface area contributed by atoms with E-state index in [9.17, 15) is 10.1 Å². The number of amides is 1. The Kier molecular flexibility index (Phi) is 6.42. The normalized spacial score (nSPS) is 10.4. The molecule has 0 aliphatic rings. The summed E-state index contributed by atoms with van der Waals surface area (Å²) in [5.74, 6) is 0.0910. The van der Waals surface area contributed by atoms with Crippen molar-refractivity contribution in [1.82, 2.24) is 15.1 Å². The summed E-state index contributed by atoms with van der Waals surface area (Å²) in [5, 5.41) is 16.7. The van der Waals surface area contributed by atoms with Gasteiger partial charge in [0.05, 0.1) is 17.8 Å². The number of anilines is 1. The molecule has 0 unspecified atom stereocenters. The molecule has 0 saturated carbocycles. The monoisotopic (exact) mass is 373 g/mol. The molecule has 0 aliphatic carbocycles. The maximum atomic E-state index is 12.3. The lowest BCUT2D eigenvalue weighted by atomic mass is 10.1. The minimum Gasteiger partial charge on any atom is -0.382 e. The van der Waals surface area contributed by atoms with Gasteiger partial charge in [0.15, 0.2) is 0 Å². The molecular formula is C22H23N5O. The smallest absolute Gasteiger partial charge is 0.226 e. The van der Waals surface area contributed by atoms with Gasteiger partial charge in [-0.1, -0.05) is 48.5 Å². The molecule has 0 fully saturated rings. The average Bonchev–Trinajstić information content (AvgIpc) is 3.04. The first-order valence-electron chi connectivity index (χ1n) is 9.32. The number of rotatable bonds is 8. The molecule has 0 bridgehead atoms. The highest BCUT2D eigenvalue weighted by atomic mass is 16.1. The molecule has 0 atom stereocenters. The van der Waals surface area contributed by atoms with Crippen LogP contribution in [0.2, 0.25) is 0 Å². The summed E-state index contributed by atoms with van der Waals surface area (Å²) in [4.78, 5) is 12.3. The summed E-state index contributed by atoms with van der Waals surface area (Å²) in [6.07, 6.45) is 2.93. The lowest BCUT2D eigenvalue weighted by Crippen LogP contribution is -2.26. The van der Waals surface area contributed by atoms with Gasteiger partial charge in [-0.2, -0.15) is 10.4 Å². The number of para-hydroxylation sites is 1. The number of aryl methyl sites for hydroxylation is 1. The molecular weight excluding hydrogens is 350 g/mol. The number of nitrogen functional groups attached to an aromatic ring is 1. The number of unbranched alkanes of at least 4 members (excludes halogenated alkanes) is 1. The van der Waals surface area contributed by atoms with Crippen LogP contribution >= 0.6 is 0 Å². The number of nitrogens with zero attached hydrogens (tertiary/aromatic N) is 3. The fraction of sp³-hybridized carbons (Fsp3) is 0.227. The van der Waals surface area contributed by atoms with Gasteiger partial charge in [0.1, 0.15) is 17.5 Å². The van der Waals surface area contributed by atoms with E-state index in [1.807, 2.05) is 48.5 Å². The number of nitriles is 1. The maximum absolute atomic E-state index is 12.3. The quantitative estimate of drug-likeness (QED) is 0.593. The Hall–Kier alpha value is -3.59. The third kappa shape index (κ3) is 4.77. The Morgan fingerprint density at radius 2 is 1.75 bits per heavy atom. The number of hydrogen-bond acceptors (Lipinski definition) is 4. The topological polar surface area (TPSA) is 96.7 Å². The van der Waals surface area contributed by atoms with Gasteiger partial charge in [0, 0.05) is 6.54 Å². The van der Waals surface area contributed by atoms with E-state index in [1.165, 1.54) is 10.2 Å². The highest BCUT2D eigenvalue weighted by Crippen LogP contribution is 2.20. The highest BCUT2D eigenvalue weighted by molar-refractivity contribution is 5.79. The van der Waals surface area contributed by atoms with E-state index in [2.05, 4.69) is 28.6 Å². The van der Waals surface area contributed by atoms with Crippen molar-refractivity contribution in [2.75, 3.05) is 12.3 Å². The van der Waals surface area contributed by atoms with Crippen molar-refractivity contribution < 1.29 is 4.79 Å². The van der Waals surface area contributed by atoms with Gasteiger partial charge in [-0.25, -0.2) is 4.68 Å². The molecule has 6 heteroatoms. The largest absolute Gasteiger partial charge is 0.382 e. The second-order valence-electron chi connectivity index (χ2n) is 6.54. The van der Waals surface area contributed by atoms with E-state index in [1.54, 1.807) is 0 Å². The van der Waals surface area contributed by atoms with Gasteiger partial charge in [-0.3, -0.25) is 4.79 Å². The third-order valence-electron chi connectivity index (χ3n) is 4.49. The summed E-state index contributed by atoms with van der Waals surface area (Å²) in [7, 11) is 0. The number of carbonyl (C=O) groups excluding carboxylic acids is 1. The van der Waals surface area contributed by atoms with E-state index in [0.29, 0.717) is 12.2 Å². The molecule has 28 heavy (non-hydrogen) atoms. The molecule has 0 aliphatic heterocycles. The van der Waals surface area contributed by atoms with E-state index < -0.39 is 0 Å². The van der Waals surface area contributed by atoms with Crippen molar-refractivity contribution in [3.63, 3.8) is 0 Å². The highest BCUT2D eigenvalue weighted by Gasteiger charge is 2.18. The molecule has 0 saturated heterocycles. The summed E-state index contributed by atoms with van der Waals surface area (Å²) in [6.45, 7) is 0.600. The van der Waals surface area contributed by atoms with Crippen molar-refractivity contribution in [2.45, 2.75) is 25.7 Å². The summed E-state index contributed by atoms with van der Waals surface area (Å²) in [5.41, 5.74) is 8.76. The Morgan fingerprint density at radius 3 is 2.43 bits per heavy atom. The predicted molar refractivity (Wildman–Crippen MR) is 109 cm³/mol. The van der Waals surface area contributed by atoms with Crippen LogP contribution in [-0.2, 0) is 17.6 Å². The van der Waals surface area contributed by atoms with Crippen LogP contribution in [0.4, 0.5) is 5.82 Å². The molecule has 0 spiro atoms. The number of hydrogen-bond donors (Lipinski definition) is 2. The molecule has 3 N–H and O–H groups in total. The second-order valence-corrected chi connectivity index (χ2v) is 6.54. The lowest BCUT2D eigenvalue weighted by Gasteiger charge is -2.05. The van der Waals surface area contributed by atoms with Crippen LogP contribution in [0.5, 0.6) is 0 Å². The Morgan fingerprint density at radius 1 is 1.07 bits per heavy atom. The minimum absolute atomic E-state index is 0.0333. The molecule has 1 aromatic heterocycles. The average molecular weight is 373 g/mol. The second kappa shape index (κ2) is 9.38. The van der Waals surface area contributed by atoms with Crippen LogP contribution < -0.4 is 11.1 Å². The van der Waals surface area contributed by atoms with Crippen molar-refractivity contribution in [3.05, 3.63) is 77.5 Å². The molecule has 142 valence electrons. The number of benzene rings is 2. The Bertz CT molecular complexity index is 958. The van der Waals surface area contributed by atoms with E-state index >= 15 is 0 Å². The number of nitrogens with one attached hydrogen (secondary N) is 1. The predicted octanol–water partition coefficient (Wildman–Crippen LogP) is 3.01. The van der Waals surface area contributed by atoms with Gasteiger partial charge in [-0.05, 0) is 37.0 Å². The van der Waals surface area contributed by atoms with E-state index in [-0.39, 0.29) is 23.7 Å². The minimum atomic E-state index is -0.158. The first-order chi connectivity index (χ1) is 13.7. The fourth-order valence-electron chi connectivity index (χ4n) is 3.03. The molecule has 6 nitrogen and oxygen atoms in total. The summed E-state index contributed by atoms with van der Waals surface area (Å²) < 4.78 is 1.50. The molecule has 2 aromatic carbocycles. The summed E-state index contributed by atoms with van der Waals surface area (Å²) in [6, 6.07) is 21.7. The van der Waals surface area contributed by atoms with Crippen LogP contribution in [0.3, 0.4) is 0 Å². The lowest BCUT2D eigenvalue weighted by molar-refractivity contribution is -0.120. The van der Waals surface area contributed by atoms with E-state index in [4.69, 9.17) is 5.73 Å². The number of nitrogens with two attached hydrogens (primary N) is 1. The molecule has 1 heterocycles.